The van der Waals surface area contributed by atoms with Gasteiger partial charge in [0.1, 0.15) is 5.82 Å². The Hall–Kier alpha value is -1.16. The van der Waals surface area contributed by atoms with Gasteiger partial charge in [-0.05, 0) is 53.6 Å². The lowest BCUT2D eigenvalue weighted by Gasteiger charge is -2.38. The van der Waals surface area contributed by atoms with Gasteiger partial charge in [0, 0.05) is 25.3 Å². The van der Waals surface area contributed by atoms with Crippen LogP contribution in [0.4, 0.5) is 5.82 Å². The van der Waals surface area contributed by atoms with E-state index in [0.717, 1.165) is 36.2 Å². The maximum absolute atomic E-state index is 4.65. The minimum atomic E-state index is 0.659. The molecule has 19 heavy (non-hydrogen) atoms. The molecule has 2 heterocycles. The second-order valence-corrected chi connectivity index (χ2v) is 5.95. The molecule has 1 aromatic heterocycles. The molecule has 1 saturated heterocycles. The molecule has 1 atom stereocenters. The zero-order valence-corrected chi connectivity index (χ0v) is 12.8. The van der Waals surface area contributed by atoms with E-state index in [1.165, 1.54) is 12.8 Å². The highest BCUT2D eigenvalue weighted by atomic mass is 15.2. The Morgan fingerprint density at radius 3 is 2.47 bits per heavy atom. The number of anilines is 1. The minimum absolute atomic E-state index is 0.659. The van der Waals surface area contributed by atoms with Crippen LogP contribution < -0.4 is 4.90 Å². The summed E-state index contributed by atoms with van der Waals surface area (Å²) in [5.41, 5.74) is 2.05. The van der Waals surface area contributed by atoms with Gasteiger partial charge in [-0.1, -0.05) is 0 Å². The molecule has 4 heteroatoms. The molecule has 0 aliphatic carbocycles. The van der Waals surface area contributed by atoms with E-state index in [1.807, 2.05) is 13.1 Å². The third kappa shape index (κ3) is 3.24. The summed E-state index contributed by atoms with van der Waals surface area (Å²) in [5.74, 6) is 1.88. The van der Waals surface area contributed by atoms with E-state index in [-0.39, 0.29) is 0 Å². The second-order valence-electron chi connectivity index (χ2n) is 5.95. The number of nitrogens with zero attached hydrogens (tertiary/aromatic N) is 4. The van der Waals surface area contributed by atoms with Gasteiger partial charge in [0.15, 0.2) is 0 Å². The van der Waals surface area contributed by atoms with E-state index < -0.39 is 0 Å². The Labute approximate surface area is 116 Å². The van der Waals surface area contributed by atoms with Crippen molar-refractivity contribution < 1.29 is 0 Å². The van der Waals surface area contributed by atoms with Crippen LogP contribution in [0.5, 0.6) is 0 Å². The summed E-state index contributed by atoms with van der Waals surface area (Å²) in [7, 11) is 4.35. The van der Waals surface area contributed by atoms with E-state index in [1.54, 1.807) is 0 Å². The van der Waals surface area contributed by atoms with Crippen LogP contribution in [0.15, 0.2) is 6.20 Å². The molecular weight excluding hydrogens is 236 g/mol. The first-order chi connectivity index (χ1) is 8.99. The molecule has 0 amide bonds. The molecule has 1 aromatic rings. The fourth-order valence-corrected chi connectivity index (χ4v) is 2.84. The van der Waals surface area contributed by atoms with Gasteiger partial charge in [-0.25, -0.2) is 4.98 Å². The molecule has 1 aliphatic heterocycles. The van der Waals surface area contributed by atoms with Crippen molar-refractivity contribution >= 4 is 5.82 Å². The van der Waals surface area contributed by atoms with Crippen molar-refractivity contribution in [1.82, 2.24) is 14.9 Å². The van der Waals surface area contributed by atoms with E-state index in [9.17, 15) is 0 Å². The van der Waals surface area contributed by atoms with Crippen LogP contribution in [-0.2, 0) is 0 Å². The van der Waals surface area contributed by atoms with Gasteiger partial charge in [-0.2, -0.15) is 0 Å². The third-order valence-electron chi connectivity index (χ3n) is 4.39. The lowest BCUT2D eigenvalue weighted by atomic mass is 9.90. The Kier molecular flexibility index (Phi) is 4.40. The van der Waals surface area contributed by atoms with Crippen LogP contribution in [0.3, 0.4) is 0 Å². The lowest BCUT2D eigenvalue weighted by molar-refractivity contribution is 0.199. The first-order valence-electron chi connectivity index (χ1n) is 7.20. The van der Waals surface area contributed by atoms with Gasteiger partial charge in [0.2, 0.25) is 0 Å². The number of hydrogen-bond acceptors (Lipinski definition) is 4. The molecule has 0 saturated carbocycles. The Balaban J connectivity index is 2.02. The SMILES string of the molecule is Cc1cnc(C)c(N2CCC([C@@H](C)N(C)C)CC2)n1. The normalized spacial score (nSPS) is 18.9. The monoisotopic (exact) mass is 262 g/mol. The average molecular weight is 262 g/mol. The van der Waals surface area contributed by atoms with Crippen molar-refractivity contribution in [3.63, 3.8) is 0 Å². The number of piperidine rings is 1. The van der Waals surface area contributed by atoms with Gasteiger partial charge >= 0.3 is 0 Å². The van der Waals surface area contributed by atoms with Gasteiger partial charge in [0.25, 0.3) is 0 Å². The molecule has 0 bridgehead atoms. The molecule has 2 rings (SSSR count). The maximum atomic E-state index is 4.65. The number of hydrogen-bond donors (Lipinski definition) is 0. The highest BCUT2D eigenvalue weighted by Gasteiger charge is 2.26. The zero-order valence-electron chi connectivity index (χ0n) is 12.8. The predicted molar refractivity (Wildman–Crippen MR) is 79.6 cm³/mol. The summed E-state index contributed by atoms with van der Waals surface area (Å²) in [6, 6.07) is 0.659. The fraction of sp³-hybridized carbons (Fsp3) is 0.733. The van der Waals surface area contributed by atoms with Crippen molar-refractivity contribution in [2.45, 2.75) is 39.7 Å². The number of rotatable bonds is 3. The first kappa shape index (κ1) is 14.3. The van der Waals surface area contributed by atoms with Crippen LogP contribution in [0.1, 0.15) is 31.2 Å². The fourth-order valence-electron chi connectivity index (χ4n) is 2.84. The first-order valence-corrected chi connectivity index (χ1v) is 7.20. The molecular formula is C15H26N4. The number of aryl methyl sites for hydroxylation is 2. The smallest absolute Gasteiger partial charge is 0.150 e. The molecule has 0 radical (unpaired) electrons. The lowest BCUT2D eigenvalue weighted by Crippen LogP contribution is -2.42. The summed E-state index contributed by atoms with van der Waals surface area (Å²) >= 11 is 0. The summed E-state index contributed by atoms with van der Waals surface area (Å²) < 4.78 is 0. The molecule has 0 spiro atoms. The van der Waals surface area contributed by atoms with Crippen LogP contribution in [0.25, 0.3) is 0 Å². The highest BCUT2D eigenvalue weighted by Crippen LogP contribution is 2.26. The van der Waals surface area contributed by atoms with Gasteiger partial charge in [-0.3, -0.25) is 4.98 Å². The molecule has 0 unspecified atom stereocenters. The topological polar surface area (TPSA) is 32.3 Å². The number of aromatic nitrogens is 2. The zero-order chi connectivity index (χ0) is 14.0. The Bertz CT molecular complexity index is 422. The summed E-state index contributed by atoms with van der Waals surface area (Å²) in [6.45, 7) is 8.59. The van der Waals surface area contributed by atoms with E-state index in [4.69, 9.17) is 0 Å². The Morgan fingerprint density at radius 2 is 1.89 bits per heavy atom. The van der Waals surface area contributed by atoms with E-state index >= 15 is 0 Å². The van der Waals surface area contributed by atoms with Crippen molar-refractivity contribution in [2.75, 3.05) is 32.1 Å². The molecule has 4 nitrogen and oxygen atoms in total. The van der Waals surface area contributed by atoms with Crippen molar-refractivity contribution in [2.24, 2.45) is 5.92 Å². The highest BCUT2D eigenvalue weighted by molar-refractivity contribution is 5.43. The van der Waals surface area contributed by atoms with Crippen molar-refractivity contribution in [3.8, 4) is 0 Å². The molecule has 0 aromatic carbocycles. The molecule has 0 N–H and O–H groups in total. The van der Waals surface area contributed by atoms with Gasteiger partial charge in [0.05, 0.1) is 11.4 Å². The van der Waals surface area contributed by atoms with E-state index in [2.05, 4.69) is 47.7 Å². The summed E-state index contributed by atoms with van der Waals surface area (Å²) in [5, 5.41) is 0. The van der Waals surface area contributed by atoms with Gasteiger partial charge in [-0.15, -0.1) is 0 Å². The third-order valence-corrected chi connectivity index (χ3v) is 4.39. The van der Waals surface area contributed by atoms with Crippen LogP contribution in [0.2, 0.25) is 0 Å². The summed E-state index contributed by atoms with van der Waals surface area (Å²) in [4.78, 5) is 13.8. The maximum Gasteiger partial charge on any atom is 0.150 e. The second kappa shape index (κ2) is 5.87. The van der Waals surface area contributed by atoms with Crippen LogP contribution >= 0.6 is 0 Å². The summed E-state index contributed by atoms with van der Waals surface area (Å²) in [6.07, 6.45) is 4.34. The predicted octanol–water partition coefficient (Wildman–Crippen LogP) is 2.26. The molecule has 106 valence electrons. The molecule has 1 aliphatic rings. The molecule has 1 fully saturated rings. The van der Waals surface area contributed by atoms with Crippen LogP contribution in [0, 0.1) is 19.8 Å². The quantitative estimate of drug-likeness (QED) is 0.836. The van der Waals surface area contributed by atoms with Crippen molar-refractivity contribution in [3.05, 3.63) is 17.6 Å². The average Bonchev–Trinajstić information content (AvgIpc) is 2.41. The van der Waals surface area contributed by atoms with Crippen molar-refractivity contribution in [1.29, 1.82) is 0 Å². The minimum Gasteiger partial charge on any atom is -0.355 e. The largest absolute Gasteiger partial charge is 0.355 e. The standard InChI is InChI=1S/C15H26N4/c1-11-10-16-12(2)15(17-11)19-8-6-14(7-9-19)13(3)18(4)5/h10,13-14H,6-9H2,1-5H3/t13-/m1/s1. The Morgan fingerprint density at radius 1 is 1.26 bits per heavy atom. The van der Waals surface area contributed by atoms with Gasteiger partial charge < -0.3 is 9.80 Å². The van der Waals surface area contributed by atoms with E-state index in [0.29, 0.717) is 6.04 Å². The van der Waals surface area contributed by atoms with Crippen LogP contribution in [-0.4, -0.2) is 48.1 Å².